The second-order valence-electron chi connectivity index (χ2n) is 10.4. The number of nitrogens with one attached hydrogen (secondary N) is 1. The number of nitrogens with zero attached hydrogens (tertiary/aromatic N) is 4. The average molecular weight is 482 g/mol. The van der Waals surface area contributed by atoms with E-state index >= 15 is 0 Å². The number of carbonyl (C=O) groups is 1. The molecule has 5 heterocycles. The van der Waals surface area contributed by atoms with E-state index in [2.05, 4.69) is 17.2 Å². The molecule has 35 heavy (non-hydrogen) atoms. The minimum absolute atomic E-state index is 0.00195. The Morgan fingerprint density at radius 3 is 2.86 bits per heavy atom. The van der Waals surface area contributed by atoms with Crippen LogP contribution in [0.25, 0.3) is 11.0 Å². The van der Waals surface area contributed by atoms with Gasteiger partial charge in [-0.15, -0.1) is 0 Å². The number of hydrogen-bond donors (Lipinski definition) is 1. The van der Waals surface area contributed by atoms with E-state index in [1.54, 1.807) is 19.1 Å². The van der Waals surface area contributed by atoms with Crippen LogP contribution in [0.3, 0.4) is 0 Å². The molecule has 0 radical (unpaired) electrons. The number of fused-ring (bicyclic) bond motifs is 2. The highest BCUT2D eigenvalue weighted by Crippen LogP contribution is 2.55. The van der Waals surface area contributed by atoms with Gasteiger partial charge in [-0.2, -0.15) is 10.1 Å². The Bertz CT molecular complexity index is 1370. The zero-order chi connectivity index (χ0) is 24.4. The predicted molar refractivity (Wildman–Crippen MR) is 127 cm³/mol. The van der Waals surface area contributed by atoms with Crippen molar-refractivity contribution in [1.29, 1.82) is 0 Å². The lowest BCUT2D eigenvalue weighted by molar-refractivity contribution is 0.00381. The van der Waals surface area contributed by atoms with Crippen LogP contribution in [0.1, 0.15) is 62.4 Å². The molecule has 1 unspecified atom stereocenters. The van der Waals surface area contributed by atoms with E-state index in [4.69, 9.17) is 14.6 Å². The number of rotatable bonds is 7. The van der Waals surface area contributed by atoms with Crippen LogP contribution in [-0.2, 0) is 10.3 Å². The lowest BCUT2D eigenvalue weighted by Crippen LogP contribution is -2.49. The van der Waals surface area contributed by atoms with E-state index in [0.29, 0.717) is 17.6 Å². The van der Waals surface area contributed by atoms with Crippen molar-refractivity contribution in [3.8, 4) is 5.88 Å². The van der Waals surface area contributed by atoms with Gasteiger partial charge in [0.25, 0.3) is 11.5 Å². The molecule has 3 aromatic rings. The van der Waals surface area contributed by atoms with Crippen LogP contribution >= 0.6 is 0 Å². The van der Waals surface area contributed by atoms with Gasteiger partial charge in [-0.1, -0.05) is 0 Å². The summed E-state index contributed by atoms with van der Waals surface area (Å²) in [5, 5.41) is 8.10. The molecule has 4 aliphatic rings. The van der Waals surface area contributed by atoms with E-state index in [0.717, 1.165) is 32.1 Å². The summed E-state index contributed by atoms with van der Waals surface area (Å²) in [6, 6.07) is 4.19. The molecule has 2 aliphatic carbocycles. The Hall–Kier alpha value is -3.27. The SMILES string of the molecule is CC(CF)n1cccc(NC(=O)c2cc3cn(C45COC(C)(C4)C5)nc3nc2OC2CCC2)c1=O. The Morgan fingerprint density at radius 2 is 2.20 bits per heavy atom. The molecule has 2 saturated carbocycles. The Labute approximate surface area is 201 Å². The number of pyridine rings is 2. The van der Waals surface area contributed by atoms with Gasteiger partial charge in [0, 0.05) is 30.6 Å². The normalized spacial score (nSPS) is 26.3. The number of alkyl halides is 1. The molecule has 1 atom stereocenters. The topological polar surface area (TPSA) is 100 Å². The van der Waals surface area contributed by atoms with Crippen molar-refractivity contribution in [1.82, 2.24) is 19.3 Å². The molecule has 0 spiro atoms. The molecule has 10 heteroatoms. The van der Waals surface area contributed by atoms with Crippen molar-refractivity contribution in [2.75, 3.05) is 18.6 Å². The van der Waals surface area contributed by atoms with Crippen LogP contribution in [0.4, 0.5) is 10.1 Å². The highest BCUT2D eigenvalue weighted by atomic mass is 19.1. The number of hydrogen-bond acceptors (Lipinski definition) is 6. The predicted octanol–water partition coefficient (Wildman–Crippen LogP) is 3.59. The fraction of sp³-hybridized carbons (Fsp3) is 0.520. The molecule has 3 aromatic heterocycles. The molecular weight excluding hydrogens is 453 g/mol. The highest BCUT2D eigenvalue weighted by Gasteiger charge is 2.61. The first-order valence-corrected chi connectivity index (χ1v) is 12.1. The zero-order valence-corrected chi connectivity index (χ0v) is 19.8. The van der Waals surface area contributed by atoms with Crippen molar-refractivity contribution in [3.05, 3.63) is 46.5 Å². The summed E-state index contributed by atoms with van der Waals surface area (Å²) in [5.41, 5.74) is 0.0778. The van der Waals surface area contributed by atoms with Gasteiger partial charge in [-0.3, -0.25) is 14.3 Å². The van der Waals surface area contributed by atoms with Crippen LogP contribution in [-0.4, -0.2) is 50.2 Å². The average Bonchev–Trinajstić information content (AvgIpc) is 3.47. The standard InChI is InChI=1S/C25H28FN5O4/c1-15(10-26)30-8-4-7-19(23(30)33)27-21(32)18-9-16-11-31(25-12-24(2,13-25)34-14-25)29-20(16)28-22(18)35-17-5-3-6-17/h4,7-9,11,15,17H,3,5-6,10,12-14H2,1-2H3,(H,27,32). The smallest absolute Gasteiger partial charge is 0.274 e. The summed E-state index contributed by atoms with van der Waals surface area (Å²) >= 11 is 0. The summed E-state index contributed by atoms with van der Waals surface area (Å²) in [7, 11) is 0. The number of ether oxygens (including phenoxy) is 2. The van der Waals surface area contributed by atoms with E-state index in [1.165, 1.54) is 16.8 Å². The summed E-state index contributed by atoms with van der Waals surface area (Å²) < 4.78 is 28.3. The summed E-state index contributed by atoms with van der Waals surface area (Å²) in [6.45, 7) is 3.63. The molecule has 9 nitrogen and oxygen atoms in total. The Kier molecular flexibility index (Phi) is 5.00. The van der Waals surface area contributed by atoms with Crippen LogP contribution in [0.5, 0.6) is 5.88 Å². The molecule has 7 rings (SSSR count). The van der Waals surface area contributed by atoms with Crippen molar-refractivity contribution in [2.45, 2.75) is 69.2 Å². The van der Waals surface area contributed by atoms with Crippen LogP contribution in [0, 0.1) is 0 Å². The first-order valence-electron chi connectivity index (χ1n) is 12.1. The van der Waals surface area contributed by atoms with Gasteiger partial charge >= 0.3 is 0 Å². The Morgan fingerprint density at radius 1 is 1.40 bits per heavy atom. The maximum Gasteiger partial charge on any atom is 0.274 e. The summed E-state index contributed by atoms with van der Waals surface area (Å²) in [6.07, 6.45) is 8.07. The number of anilines is 1. The van der Waals surface area contributed by atoms with E-state index < -0.39 is 24.2 Å². The molecule has 1 N–H and O–H groups in total. The fourth-order valence-electron chi connectivity index (χ4n) is 5.38. The van der Waals surface area contributed by atoms with E-state index in [9.17, 15) is 14.0 Å². The molecule has 2 bridgehead atoms. The zero-order valence-electron chi connectivity index (χ0n) is 19.8. The van der Waals surface area contributed by atoms with Crippen LogP contribution in [0.15, 0.2) is 35.4 Å². The minimum atomic E-state index is -0.688. The molecule has 184 valence electrons. The summed E-state index contributed by atoms with van der Waals surface area (Å²) in [5.74, 6) is -0.306. The molecule has 2 aliphatic heterocycles. The van der Waals surface area contributed by atoms with E-state index in [-0.39, 0.29) is 34.4 Å². The molecule has 4 fully saturated rings. The van der Waals surface area contributed by atoms with Crippen LogP contribution in [0.2, 0.25) is 0 Å². The molecular formula is C25H28FN5O4. The van der Waals surface area contributed by atoms with E-state index in [1.807, 2.05) is 10.9 Å². The van der Waals surface area contributed by atoms with Gasteiger partial charge in [0.2, 0.25) is 5.88 Å². The third kappa shape index (κ3) is 3.62. The van der Waals surface area contributed by atoms with Gasteiger partial charge in [0.05, 0.1) is 23.8 Å². The lowest BCUT2D eigenvalue weighted by Gasteiger charge is -2.42. The Balaban J connectivity index is 1.35. The van der Waals surface area contributed by atoms with Crippen molar-refractivity contribution < 1.29 is 18.7 Å². The van der Waals surface area contributed by atoms with Crippen LogP contribution < -0.4 is 15.6 Å². The number of carbonyl (C=O) groups excluding carboxylic acids is 1. The highest BCUT2D eigenvalue weighted by molar-refractivity contribution is 6.07. The molecule has 1 amide bonds. The second-order valence-corrected chi connectivity index (χ2v) is 10.4. The second kappa shape index (κ2) is 7.87. The van der Waals surface area contributed by atoms with Gasteiger partial charge in [-0.25, -0.2) is 4.39 Å². The van der Waals surface area contributed by atoms with Gasteiger partial charge in [0.15, 0.2) is 5.65 Å². The third-order valence-electron chi connectivity index (χ3n) is 7.54. The monoisotopic (exact) mass is 481 g/mol. The lowest BCUT2D eigenvalue weighted by atomic mass is 9.69. The maximum atomic E-state index is 13.3. The molecule has 2 saturated heterocycles. The number of aromatic nitrogens is 4. The van der Waals surface area contributed by atoms with Crippen molar-refractivity contribution in [3.63, 3.8) is 0 Å². The third-order valence-corrected chi connectivity index (χ3v) is 7.54. The summed E-state index contributed by atoms with van der Waals surface area (Å²) in [4.78, 5) is 30.7. The first-order chi connectivity index (χ1) is 16.8. The van der Waals surface area contributed by atoms with Gasteiger partial charge < -0.3 is 19.4 Å². The van der Waals surface area contributed by atoms with Gasteiger partial charge in [-0.05, 0) is 51.3 Å². The number of halogens is 1. The minimum Gasteiger partial charge on any atom is -0.474 e. The van der Waals surface area contributed by atoms with Crippen molar-refractivity contribution >= 4 is 22.6 Å². The van der Waals surface area contributed by atoms with Gasteiger partial charge in [0.1, 0.15) is 24.0 Å². The number of amides is 1. The van der Waals surface area contributed by atoms with Crippen molar-refractivity contribution in [2.24, 2.45) is 0 Å². The largest absolute Gasteiger partial charge is 0.474 e. The fourth-order valence-corrected chi connectivity index (χ4v) is 5.38. The molecule has 0 aromatic carbocycles. The first kappa shape index (κ1) is 22.2. The quantitative estimate of drug-likeness (QED) is 0.554. The maximum absolute atomic E-state index is 13.3.